The van der Waals surface area contributed by atoms with Crippen LogP contribution in [-0.4, -0.2) is 32.3 Å². The summed E-state index contributed by atoms with van der Waals surface area (Å²) in [6.07, 6.45) is 0. The number of carbonyl (C=O) groups is 1. The van der Waals surface area contributed by atoms with Crippen LogP contribution in [0.4, 0.5) is 0 Å². The topological polar surface area (TPSA) is 66.9 Å². The van der Waals surface area contributed by atoms with Crippen LogP contribution < -0.4 is 18.9 Å². The number of rotatable bonds is 6. The molecule has 0 amide bonds. The van der Waals surface area contributed by atoms with Gasteiger partial charge in [0.05, 0.1) is 27.0 Å². The predicted molar refractivity (Wildman–Crippen MR) is 108 cm³/mol. The zero-order chi connectivity index (χ0) is 20.3. The summed E-state index contributed by atoms with van der Waals surface area (Å²) in [5.74, 6) is 1.64. The zero-order valence-corrected chi connectivity index (χ0v) is 17.2. The minimum atomic E-state index is -0.469. The number of benzene rings is 2. The van der Waals surface area contributed by atoms with Gasteiger partial charge in [0, 0.05) is 5.56 Å². The van der Waals surface area contributed by atoms with Gasteiger partial charge in [0.25, 0.3) is 0 Å². The van der Waals surface area contributed by atoms with Crippen molar-refractivity contribution < 1.29 is 23.7 Å². The lowest BCUT2D eigenvalue weighted by atomic mass is 10.2. The third-order valence-electron chi connectivity index (χ3n) is 4.13. The van der Waals surface area contributed by atoms with Gasteiger partial charge < -0.3 is 18.9 Å². The van der Waals surface area contributed by atoms with Gasteiger partial charge in [-0.15, -0.1) is 11.3 Å². The van der Waals surface area contributed by atoms with Crippen LogP contribution in [0.5, 0.6) is 23.0 Å². The summed E-state index contributed by atoms with van der Waals surface area (Å²) in [6.45, 7) is 3.72. The SMILES string of the molecule is COc1ccc(-c2nc(C)c(C(=O)Oc3ccc(C)cc3OC)s2)cc1OC. The first-order valence-electron chi connectivity index (χ1n) is 8.53. The lowest BCUT2D eigenvalue weighted by molar-refractivity contribution is 0.0734. The van der Waals surface area contributed by atoms with E-state index < -0.39 is 5.97 Å². The fourth-order valence-electron chi connectivity index (χ4n) is 2.68. The lowest BCUT2D eigenvalue weighted by Crippen LogP contribution is -2.09. The maximum atomic E-state index is 12.7. The molecule has 6 nitrogen and oxygen atoms in total. The van der Waals surface area contributed by atoms with E-state index in [2.05, 4.69) is 4.98 Å². The largest absolute Gasteiger partial charge is 0.493 e. The molecule has 2 aromatic carbocycles. The van der Waals surface area contributed by atoms with Gasteiger partial charge in [0.1, 0.15) is 9.88 Å². The Hall–Kier alpha value is -3.06. The quantitative estimate of drug-likeness (QED) is 0.443. The average Bonchev–Trinajstić information content (AvgIpc) is 3.10. The van der Waals surface area contributed by atoms with Gasteiger partial charge >= 0.3 is 5.97 Å². The Labute approximate surface area is 167 Å². The summed E-state index contributed by atoms with van der Waals surface area (Å²) in [5.41, 5.74) is 2.45. The molecule has 3 aromatic rings. The Morgan fingerprint density at radius 3 is 2.18 bits per heavy atom. The van der Waals surface area contributed by atoms with E-state index in [1.165, 1.54) is 11.3 Å². The number of carbonyl (C=O) groups excluding carboxylic acids is 1. The average molecular weight is 399 g/mol. The summed E-state index contributed by atoms with van der Waals surface area (Å²) in [4.78, 5) is 17.7. The molecule has 0 fully saturated rings. The summed E-state index contributed by atoms with van der Waals surface area (Å²) >= 11 is 1.27. The third-order valence-corrected chi connectivity index (χ3v) is 5.32. The molecule has 28 heavy (non-hydrogen) atoms. The van der Waals surface area contributed by atoms with Crippen molar-refractivity contribution in [2.45, 2.75) is 13.8 Å². The first-order valence-corrected chi connectivity index (χ1v) is 9.35. The Morgan fingerprint density at radius 1 is 0.857 bits per heavy atom. The molecule has 1 heterocycles. The number of methoxy groups -OCH3 is 3. The molecule has 0 N–H and O–H groups in total. The summed E-state index contributed by atoms with van der Waals surface area (Å²) in [5, 5.41) is 0.696. The Kier molecular flexibility index (Phi) is 5.84. The van der Waals surface area contributed by atoms with Gasteiger partial charge in [0.15, 0.2) is 23.0 Å². The first kappa shape index (κ1) is 19.7. The van der Waals surface area contributed by atoms with Crippen LogP contribution in [-0.2, 0) is 0 Å². The molecule has 0 aliphatic heterocycles. The molecule has 0 aliphatic carbocycles. The second-order valence-electron chi connectivity index (χ2n) is 6.05. The molecule has 0 spiro atoms. The number of hydrogen-bond donors (Lipinski definition) is 0. The molecule has 3 rings (SSSR count). The monoisotopic (exact) mass is 399 g/mol. The van der Waals surface area contributed by atoms with Crippen molar-refractivity contribution in [1.82, 2.24) is 4.98 Å². The minimum absolute atomic E-state index is 0.374. The van der Waals surface area contributed by atoms with Gasteiger partial charge in [-0.1, -0.05) is 6.07 Å². The molecule has 0 saturated carbocycles. The second kappa shape index (κ2) is 8.31. The Morgan fingerprint density at radius 2 is 1.50 bits per heavy atom. The highest BCUT2D eigenvalue weighted by Gasteiger charge is 2.20. The number of esters is 1. The van der Waals surface area contributed by atoms with Crippen molar-refractivity contribution in [3.05, 3.63) is 52.5 Å². The van der Waals surface area contributed by atoms with Crippen molar-refractivity contribution in [2.24, 2.45) is 0 Å². The smallest absolute Gasteiger partial charge is 0.355 e. The van der Waals surface area contributed by atoms with Crippen molar-refractivity contribution in [2.75, 3.05) is 21.3 Å². The molecule has 0 bridgehead atoms. The molecular weight excluding hydrogens is 378 g/mol. The van der Waals surface area contributed by atoms with E-state index in [1.54, 1.807) is 40.4 Å². The van der Waals surface area contributed by atoms with Crippen LogP contribution in [0.15, 0.2) is 36.4 Å². The number of nitrogens with zero attached hydrogens (tertiary/aromatic N) is 1. The van der Waals surface area contributed by atoms with Gasteiger partial charge in [0.2, 0.25) is 0 Å². The van der Waals surface area contributed by atoms with E-state index in [-0.39, 0.29) is 0 Å². The molecular formula is C21H21NO5S. The lowest BCUT2D eigenvalue weighted by Gasteiger charge is -2.09. The zero-order valence-electron chi connectivity index (χ0n) is 16.4. The molecule has 0 unspecified atom stereocenters. The molecule has 7 heteroatoms. The highest BCUT2D eigenvalue weighted by molar-refractivity contribution is 7.17. The van der Waals surface area contributed by atoms with Crippen molar-refractivity contribution >= 4 is 17.3 Å². The number of aromatic nitrogens is 1. The first-order chi connectivity index (χ1) is 13.5. The molecule has 0 atom stereocenters. The van der Waals surface area contributed by atoms with Crippen molar-refractivity contribution in [3.63, 3.8) is 0 Å². The molecule has 0 saturated heterocycles. The molecule has 146 valence electrons. The number of ether oxygens (including phenoxy) is 4. The van der Waals surface area contributed by atoms with Crippen LogP contribution in [0.3, 0.4) is 0 Å². The second-order valence-corrected chi connectivity index (χ2v) is 7.05. The molecule has 0 radical (unpaired) electrons. The summed E-state index contributed by atoms with van der Waals surface area (Å²) in [6, 6.07) is 10.9. The van der Waals surface area contributed by atoms with E-state index in [0.717, 1.165) is 11.1 Å². The molecule has 1 aromatic heterocycles. The van der Waals surface area contributed by atoms with E-state index in [4.69, 9.17) is 18.9 Å². The van der Waals surface area contributed by atoms with E-state index in [9.17, 15) is 4.79 Å². The van der Waals surface area contributed by atoms with Crippen molar-refractivity contribution in [3.8, 4) is 33.6 Å². The van der Waals surface area contributed by atoms with Gasteiger partial charge in [-0.25, -0.2) is 9.78 Å². The standard InChI is InChI=1S/C21H21NO5S/c1-12-6-8-16(17(10-12)25-4)27-21(23)19-13(2)22-20(28-19)14-7-9-15(24-3)18(11-14)26-5/h6-11H,1-5H3. The van der Waals surface area contributed by atoms with Crippen LogP contribution in [0.1, 0.15) is 20.9 Å². The number of hydrogen-bond acceptors (Lipinski definition) is 7. The predicted octanol–water partition coefficient (Wildman–Crippen LogP) is 4.67. The van der Waals surface area contributed by atoms with Crippen LogP contribution in [0.2, 0.25) is 0 Å². The molecule has 0 aliphatic rings. The van der Waals surface area contributed by atoms with Gasteiger partial charge in [-0.2, -0.15) is 0 Å². The highest BCUT2D eigenvalue weighted by atomic mass is 32.1. The van der Waals surface area contributed by atoms with E-state index in [1.807, 2.05) is 31.2 Å². The Balaban J connectivity index is 1.89. The van der Waals surface area contributed by atoms with Crippen molar-refractivity contribution in [1.29, 1.82) is 0 Å². The van der Waals surface area contributed by atoms with Crippen LogP contribution >= 0.6 is 11.3 Å². The Bertz CT molecular complexity index is 1010. The maximum Gasteiger partial charge on any atom is 0.355 e. The van der Waals surface area contributed by atoms with E-state index >= 15 is 0 Å². The summed E-state index contributed by atoms with van der Waals surface area (Å²) < 4.78 is 21.5. The highest BCUT2D eigenvalue weighted by Crippen LogP contribution is 2.36. The normalized spacial score (nSPS) is 10.5. The number of thiazole rings is 1. The van der Waals surface area contributed by atoms with Gasteiger partial charge in [-0.05, 0) is 49.7 Å². The number of aryl methyl sites for hydroxylation is 2. The van der Waals surface area contributed by atoms with Gasteiger partial charge in [-0.3, -0.25) is 0 Å². The fraction of sp³-hybridized carbons (Fsp3) is 0.238. The van der Waals surface area contributed by atoms with Crippen LogP contribution in [0, 0.1) is 13.8 Å². The summed E-state index contributed by atoms with van der Waals surface area (Å²) in [7, 11) is 4.70. The van der Waals surface area contributed by atoms with E-state index in [0.29, 0.717) is 38.6 Å². The third kappa shape index (κ3) is 3.94. The maximum absolute atomic E-state index is 12.7. The van der Waals surface area contributed by atoms with Crippen LogP contribution in [0.25, 0.3) is 10.6 Å². The fourth-order valence-corrected chi connectivity index (χ4v) is 3.62. The minimum Gasteiger partial charge on any atom is -0.493 e.